The van der Waals surface area contributed by atoms with Crippen molar-refractivity contribution in [2.45, 2.75) is 171 Å². The van der Waals surface area contributed by atoms with Crippen molar-refractivity contribution in [3.63, 3.8) is 0 Å². The maximum atomic E-state index is 4.49. The fourth-order valence-corrected chi connectivity index (χ4v) is 6.37. The smallest absolute Gasteiger partial charge is 0.136 e. The number of hydrogen-bond acceptors (Lipinski definition) is 4. The van der Waals surface area contributed by atoms with Gasteiger partial charge in [0.25, 0.3) is 0 Å². The fraction of sp³-hybridized carbons (Fsp3) is 0.415. The molecule has 0 radical (unpaired) electrons. The van der Waals surface area contributed by atoms with E-state index in [4.69, 9.17) is 0 Å². The first-order valence-corrected chi connectivity index (χ1v) is 27.6. The van der Waals surface area contributed by atoms with Gasteiger partial charge in [0.15, 0.2) is 0 Å². The highest BCUT2D eigenvalue weighted by Gasteiger charge is 2.04. The van der Waals surface area contributed by atoms with Gasteiger partial charge in [0, 0.05) is 45.7 Å². The van der Waals surface area contributed by atoms with E-state index in [1.807, 2.05) is 162 Å². The molecule has 5 aromatic carbocycles. The van der Waals surface area contributed by atoms with Crippen molar-refractivity contribution in [3.8, 4) is 0 Å². The molecule has 0 saturated carbocycles. The van der Waals surface area contributed by atoms with Gasteiger partial charge in [-0.2, -0.15) is 0 Å². The molecule has 0 aliphatic heterocycles. The summed E-state index contributed by atoms with van der Waals surface area (Å²) in [7, 11) is 4.10. The SMILES string of the molecule is CC.CC.CC.CC.CC.CCC.CCC.CCC.CCc1nc2ccccc2n1C.CCn1c(C)nc2ccccc21.Cc1nc2ccccc2n1C.c1ccc2ccccc2c1.c1ccn2ccnc2c1. The van der Waals surface area contributed by atoms with Crippen molar-refractivity contribution in [3.05, 3.63) is 176 Å². The van der Waals surface area contributed by atoms with E-state index in [2.05, 4.69) is 181 Å². The maximum Gasteiger partial charge on any atom is 0.136 e. The van der Waals surface area contributed by atoms with Gasteiger partial charge in [0.05, 0.1) is 33.1 Å². The topological polar surface area (TPSA) is 70.8 Å². The molecule has 0 unspecified atom stereocenters. The fourth-order valence-electron chi connectivity index (χ4n) is 6.37. The number of hydrogen-bond donors (Lipinski definition) is 0. The van der Waals surface area contributed by atoms with Crippen LogP contribution in [0.25, 0.3) is 49.5 Å². The van der Waals surface area contributed by atoms with E-state index in [0.717, 1.165) is 52.6 Å². The lowest BCUT2D eigenvalue weighted by Gasteiger charge is -2.00. The van der Waals surface area contributed by atoms with Gasteiger partial charge in [-0.05, 0) is 80.1 Å². The predicted octanol–water partition coefficient (Wildman–Crippen LogP) is 19.9. The van der Waals surface area contributed by atoms with Crippen molar-refractivity contribution in [1.29, 1.82) is 0 Å². The monoisotopic (exact) mass is 995 g/mol. The van der Waals surface area contributed by atoms with E-state index in [0.29, 0.717) is 0 Å². The Balaban J connectivity index is -0.000000775. The summed E-state index contributed by atoms with van der Waals surface area (Å²) in [4.78, 5) is 17.4. The first-order valence-electron chi connectivity index (χ1n) is 27.6. The molecule has 0 spiro atoms. The molecule has 0 N–H and O–H groups in total. The Morgan fingerprint density at radius 1 is 0.384 bits per heavy atom. The Morgan fingerprint density at radius 2 is 0.740 bits per heavy atom. The molecule has 0 atom stereocenters. The molecule has 0 fully saturated rings. The van der Waals surface area contributed by atoms with Gasteiger partial charge in [-0.1, -0.05) is 228 Å². The third-order valence-corrected chi connectivity index (χ3v) is 9.33. The van der Waals surface area contributed by atoms with Crippen molar-refractivity contribution < 1.29 is 0 Å². The van der Waals surface area contributed by atoms with Crippen LogP contribution in [-0.2, 0) is 27.1 Å². The number of pyridine rings is 1. The number of nitrogens with zero attached hydrogens (tertiary/aromatic N) is 8. The van der Waals surface area contributed by atoms with Gasteiger partial charge in [0.1, 0.15) is 23.1 Å². The number of rotatable bonds is 2. The summed E-state index contributed by atoms with van der Waals surface area (Å²) in [5, 5.41) is 2.62. The molecule has 402 valence electrons. The zero-order chi connectivity index (χ0) is 56.0. The molecule has 0 aliphatic rings. The Bertz CT molecular complexity index is 2660. The molecule has 0 saturated heterocycles. The van der Waals surface area contributed by atoms with Gasteiger partial charge < -0.3 is 18.1 Å². The van der Waals surface area contributed by atoms with Crippen LogP contribution < -0.4 is 0 Å². The third-order valence-electron chi connectivity index (χ3n) is 9.33. The summed E-state index contributed by atoms with van der Waals surface area (Å²) in [5.74, 6) is 3.31. The number of para-hydroxylation sites is 6. The highest BCUT2D eigenvalue weighted by atomic mass is 15.1. The van der Waals surface area contributed by atoms with E-state index < -0.39 is 0 Å². The van der Waals surface area contributed by atoms with Gasteiger partial charge in [0.2, 0.25) is 0 Å². The van der Waals surface area contributed by atoms with Crippen molar-refractivity contribution in [2.75, 3.05) is 0 Å². The van der Waals surface area contributed by atoms with E-state index in [1.54, 1.807) is 6.20 Å². The lowest BCUT2D eigenvalue weighted by atomic mass is 10.1. The summed E-state index contributed by atoms with van der Waals surface area (Å²) < 4.78 is 8.43. The van der Waals surface area contributed by atoms with Crippen molar-refractivity contribution in [1.82, 2.24) is 38.0 Å². The van der Waals surface area contributed by atoms with Crippen LogP contribution >= 0.6 is 0 Å². The Labute approximate surface area is 446 Å². The molecule has 0 amide bonds. The minimum absolute atomic E-state index is 0.991. The summed E-state index contributed by atoms with van der Waals surface area (Å²) in [6, 6.07) is 47.2. The molecule has 5 aromatic heterocycles. The minimum atomic E-state index is 0.991. The Kier molecular flexibility index (Phi) is 45.1. The first kappa shape index (κ1) is 70.7. The van der Waals surface area contributed by atoms with Gasteiger partial charge in [-0.3, -0.25) is 0 Å². The highest BCUT2D eigenvalue weighted by molar-refractivity contribution is 5.82. The van der Waals surface area contributed by atoms with Crippen molar-refractivity contribution in [2.24, 2.45) is 14.1 Å². The largest absolute Gasteiger partial charge is 0.331 e. The molecule has 5 heterocycles. The number of fused-ring (bicyclic) bond motifs is 5. The third kappa shape index (κ3) is 25.6. The normalized spacial score (nSPS) is 8.96. The quantitative estimate of drug-likeness (QED) is 0.173. The van der Waals surface area contributed by atoms with Crippen LogP contribution in [-0.4, -0.2) is 38.0 Å². The van der Waals surface area contributed by atoms with E-state index in [-0.39, 0.29) is 0 Å². The van der Waals surface area contributed by atoms with Crippen LogP contribution in [0.4, 0.5) is 0 Å². The van der Waals surface area contributed by atoms with Gasteiger partial charge in [-0.15, -0.1) is 0 Å². The summed E-state index contributed by atoms with van der Waals surface area (Å²) in [5.41, 5.74) is 7.91. The van der Waals surface area contributed by atoms with Crippen LogP contribution in [0, 0.1) is 13.8 Å². The molecular weight excluding hydrogens is 893 g/mol. The number of aromatic nitrogens is 8. The molecule has 73 heavy (non-hydrogen) atoms. The van der Waals surface area contributed by atoms with E-state index in [1.165, 1.54) is 46.6 Å². The second-order valence-corrected chi connectivity index (χ2v) is 14.9. The van der Waals surface area contributed by atoms with E-state index >= 15 is 0 Å². The molecule has 0 aliphatic carbocycles. The molecule has 8 heteroatoms. The molecule has 10 rings (SSSR count). The lowest BCUT2D eigenvalue weighted by molar-refractivity contribution is 0.753. The van der Waals surface area contributed by atoms with Crippen molar-refractivity contribution >= 4 is 49.5 Å². The Hall–Kier alpha value is -6.54. The molecule has 0 bridgehead atoms. The summed E-state index contributed by atoms with van der Waals surface area (Å²) >= 11 is 0. The minimum Gasteiger partial charge on any atom is -0.331 e. The average molecular weight is 996 g/mol. The lowest BCUT2D eigenvalue weighted by Crippen LogP contribution is -1.95. The van der Waals surface area contributed by atoms with Gasteiger partial charge in [-0.25, -0.2) is 19.9 Å². The molecular formula is C65H102N8. The van der Waals surface area contributed by atoms with Crippen LogP contribution in [0.1, 0.15) is 161 Å². The summed E-state index contributed by atoms with van der Waals surface area (Å²) in [6.07, 6.45) is 10.4. The highest BCUT2D eigenvalue weighted by Crippen LogP contribution is 2.16. The van der Waals surface area contributed by atoms with Crippen LogP contribution in [0.15, 0.2) is 158 Å². The maximum absolute atomic E-state index is 4.49. The van der Waals surface area contributed by atoms with Crippen LogP contribution in [0.5, 0.6) is 0 Å². The molecule has 10 aromatic rings. The second-order valence-electron chi connectivity index (χ2n) is 14.9. The van der Waals surface area contributed by atoms with Gasteiger partial charge >= 0.3 is 0 Å². The molecule has 8 nitrogen and oxygen atoms in total. The predicted molar refractivity (Wildman–Crippen MR) is 329 cm³/mol. The second kappa shape index (κ2) is 46.5. The zero-order valence-corrected chi connectivity index (χ0v) is 50.1. The van der Waals surface area contributed by atoms with Crippen LogP contribution in [0.2, 0.25) is 0 Å². The standard InChI is InChI=1S/2C10H12N2.C10H8.C9H10N2.C7H6N2.3C3H8.5C2H6/c1-3-10-11-8-6-4-5-7-9(8)12(10)2;1-3-12-8(2)11-9-6-4-5-7-10(9)12;1-2-6-10-8-4-3-7-9(10)5-1;1-7-10-8-5-3-4-6-9(8)11(7)2;1-2-5-9-6-4-8-7(9)3-1;3*1-3-2;5*1-2/h2*4-7H,3H2,1-2H3;1-8H;3-6H,1-2H3;1-6H;3*3H2,1-2H3;5*1-2H3. The average Bonchev–Trinajstić information content (AvgIpc) is 4.23. The van der Waals surface area contributed by atoms with Crippen LogP contribution in [0.3, 0.4) is 0 Å². The first-order chi connectivity index (χ1) is 35.6. The number of aryl methyl sites for hydroxylation is 6. The Morgan fingerprint density at radius 3 is 1.14 bits per heavy atom. The number of imidazole rings is 4. The van der Waals surface area contributed by atoms with E-state index in [9.17, 15) is 0 Å². The zero-order valence-electron chi connectivity index (χ0n) is 50.1. The summed E-state index contributed by atoms with van der Waals surface area (Å²) in [6.45, 7) is 42.1. The number of benzene rings is 5.